The van der Waals surface area contributed by atoms with Gasteiger partial charge in [-0.05, 0) is 46.4 Å². The van der Waals surface area contributed by atoms with Crippen LogP contribution in [0, 0.1) is 0 Å². The van der Waals surface area contributed by atoms with Crippen molar-refractivity contribution in [3.05, 3.63) is 83.4 Å². The number of fused-ring (bicyclic) bond motifs is 1. The number of nitrogens with one attached hydrogen (secondary N) is 1. The van der Waals surface area contributed by atoms with Crippen molar-refractivity contribution in [2.24, 2.45) is 0 Å². The average molecular weight is 317 g/mol. The van der Waals surface area contributed by atoms with Crippen molar-refractivity contribution in [3.63, 3.8) is 0 Å². The van der Waals surface area contributed by atoms with Crippen molar-refractivity contribution in [1.82, 2.24) is 5.32 Å². The van der Waals surface area contributed by atoms with Crippen LogP contribution in [0.2, 0.25) is 0 Å². The van der Waals surface area contributed by atoms with Gasteiger partial charge in [-0.15, -0.1) is 0 Å². The van der Waals surface area contributed by atoms with Crippen molar-refractivity contribution in [3.8, 4) is 22.6 Å². The Bertz CT molecular complexity index is 857. The lowest BCUT2D eigenvalue weighted by Crippen LogP contribution is -2.28. The van der Waals surface area contributed by atoms with Crippen molar-refractivity contribution < 1.29 is 10.2 Å². The van der Waals surface area contributed by atoms with E-state index >= 15 is 0 Å². The second-order valence-corrected chi connectivity index (χ2v) is 6.24. The molecule has 3 nitrogen and oxygen atoms in total. The zero-order valence-corrected chi connectivity index (χ0v) is 13.2. The molecule has 1 heterocycles. The van der Waals surface area contributed by atoms with Gasteiger partial charge in [0.05, 0.1) is 0 Å². The summed E-state index contributed by atoms with van der Waals surface area (Å²) in [5.41, 5.74) is 5.78. The number of phenols is 2. The Labute approximate surface area is 141 Å². The van der Waals surface area contributed by atoms with E-state index in [0.29, 0.717) is 6.54 Å². The van der Waals surface area contributed by atoms with Crippen LogP contribution in [0.3, 0.4) is 0 Å². The maximum absolute atomic E-state index is 9.72. The summed E-state index contributed by atoms with van der Waals surface area (Å²) in [5.74, 6) is -0.102. The molecule has 0 saturated heterocycles. The number of phenolic OH excluding ortho intramolecular Hbond substituents is 2. The molecule has 3 heteroatoms. The van der Waals surface area contributed by atoms with E-state index in [9.17, 15) is 10.2 Å². The van der Waals surface area contributed by atoms with Crippen LogP contribution in [-0.2, 0) is 13.0 Å². The predicted molar refractivity (Wildman–Crippen MR) is 94.9 cm³/mol. The number of benzene rings is 3. The standard InChI is InChI=1S/C21H19NO2/c23-20-11-17-10-19(22-13-18(17)12-21(20)24)16-8-6-15(7-9-16)14-4-2-1-3-5-14/h1-9,11-12,19,22-24H,10,13H2. The molecule has 1 aliphatic heterocycles. The summed E-state index contributed by atoms with van der Waals surface area (Å²) in [5, 5.41) is 22.8. The number of aromatic hydroxyl groups is 2. The van der Waals surface area contributed by atoms with E-state index in [1.54, 1.807) is 12.1 Å². The Morgan fingerprint density at radius 2 is 1.38 bits per heavy atom. The predicted octanol–water partition coefficient (Wildman–Crippen LogP) is 4.15. The number of hydrogen-bond donors (Lipinski definition) is 3. The highest BCUT2D eigenvalue weighted by Gasteiger charge is 2.21. The molecule has 0 saturated carbocycles. The minimum Gasteiger partial charge on any atom is -0.504 e. The zero-order chi connectivity index (χ0) is 16.5. The fraction of sp³-hybridized carbons (Fsp3) is 0.143. The van der Waals surface area contributed by atoms with Gasteiger partial charge in [-0.1, -0.05) is 54.6 Å². The molecule has 0 amide bonds. The van der Waals surface area contributed by atoms with Crippen LogP contribution < -0.4 is 5.32 Å². The van der Waals surface area contributed by atoms with E-state index in [2.05, 4.69) is 41.7 Å². The fourth-order valence-electron chi connectivity index (χ4n) is 3.32. The molecule has 24 heavy (non-hydrogen) atoms. The highest BCUT2D eigenvalue weighted by Crippen LogP contribution is 2.34. The lowest BCUT2D eigenvalue weighted by molar-refractivity contribution is 0.399. The zero-order valence-electron chi connectivity index (χ0n) is 13.2. The van der Waals surface area contributed by atoms with E-state index in [-0.39, 0.29) is 17.5 Å². The van der Waals surface area contributed by atoms with Crippen LogP contribution in [0.5, 0.6) is 11.5 Å². The lowest BCUT2D eigenvalue weighted by atomic mass is 9.90. The monoisotopic (exact) mass is 317 g/mol. The molecular formula is C21H19NO2. The third-order valence-corrected chi connectivity index (χ3v) is 4.68. The van der Waals surface area contributed by atoms with Gasteiger partial charge < -0.3 is 15.5 Å². The third-order valence-electron chi connectivity index (χ3n) is 4.68. The van der Waals surface area contributed by atoms with Gasteiger partial charge in [0.2, 0.25) is 0 Å². The van der Waals surface area contributed by atoms with E-state index in [0.717, 1.165) is 17.5 Å². The lowest BCUT2D eigenvalue weighted by Gasteiger charge is -2.27. The fourth-order valence-corrected chi connectivity index (χ4v) is 3.32. The molecule has 0 spiro atoms. The summed E-state index contributed by atoms with van der Waals surface area (Å²) < 4.78 is 0. The van der Waals surface area contributed by atoms with Gasteiger partial charge in [-0.3, -0.25) is 0 Å². The first-order valence-electron chi connectivity index (χ1n) is 8.13. The molecule has 0 bridgehead atoms. The maximum atomic E-state index is 9.72. The van der Waals surface area contributed by atoms with Gasteiger partial charge in [-0.2, -0.15) is 0 Å². The van der Waals surface area contributed by atoms with E-state index in [1.807, 2.05) is 18.2 Å². The number of hydrogen-bond acceptors (Lipinski definition) is 3. The van der Waals surface area contributed by atoms with Gasteiger partial charge in [0, 0.05) is 12.6 Å². The summed E-state index contributed by atoms with van der Waals surface area (Å²) in [6.07, 6.45) is 0.799. The molecule has 120 valence electrons. The third kappa shape index (κ3) is 2.74. The first-order chi connectivity index (χ1) is 11.7. The summed E-state index contributed by atoms with van der Waals surface area (Å²) in [6.45, 7) is 0.689. The molecule has 0 aliphatic carbocycles. The Balaban J connectivity index is 1.58. The first-order valence-corrected chi connectivity index (χ1v) is 8.13. The van der Waals surface area contributed by atoms with Crippen LogP contribution in [0.1, 0.15) is 22.7 Å². The van der Waals surface area contributed by atoms with Crippen molar-refractivity contribution in [2.75, 3.05) is 0 Å². The molecule has 1 atom stereocenters. The quantitative estimate of drug-likeness (QED) is 0.622. The Morgan fingerprint density at radius 1 is 0.750 bits per heavy atom. The van der Waals surface area contributed by atoms with Gasteiger partial charge in [0.15, 0.2) is 11.5 Å². The molecule has 3 aromatic rings. The highest BCUT2D eigenvalue weighted by molar-refractivity contribution is 5.63. The largest absolute Gasteiger partial charge is 0.504 e. The molecule has 0 aromatic heterocycles. The molecular weight excluding hydrogens is 298 g/mol. The molecule has 3 aromatic carbocycles. The van der Waals surface area contributed by atoms with Crippen molar-refractivity contribution >= 4 is 0 Å². The Kier molecular flexibility index (Phi) is 3.71. The highest BCUT2D eigenvalue weighted by atomic mass is 16.3. The molecule has 3 N–H and O–H groups in total. The van der Waals surface area contributed by atoms with Crippen LogP contribution >= 0.6 is 0 Å². The van der Waals surface area contributed by atoms with Crippen molar-refractivity contribution in [1.29, 1.82) is 0 Å². The maximum Gasteiger partial charge on any atom is 0.157 e. The molecule has 0 fully saturated rings. The van der Waals surface area contributed by atoms with Crippen molar-refractivity contribution in [2.45, 2.75) is 19.0 Å². The minimum atomic E-state index is -0.0544. The van der Waals surface area contributed by atoms with Gasteiger partial charge in [-0.25, -0.2) is 0 Å². The number of rotatable bonds is 2. The topological polar surface area (TPSA) is 52.5 Å². The first kappa shape index (κ1) is 14.8. The summed E-state index contributed by atoms with van der Waals surface area (Å²) in [4.78, 5) is 0. The SMILES string of the molecule is Oc1cc2c(cc1O)CC(c1ccc(-c3ccccc3)cc1)NC2. The normalized spacial score (nSPS) is 16.6. The smallest absolute Gasteiger partial charge is 0.157 e. The van der Waals surface area contributed by atoms with E-state index < -0.39 is 0 Å². The molecule has 1 aliphatic rings. The van der Waals surface area contributed by atoms with Crippen LogP contribution in [-0.4, -0.2) is 10.2 Å². The summed E-state index contributed by atoms with van der Waals surface area (Å²) in [6, 6.07) is 22.5. The summed E-state index contributed by atoms with van der Waals surface area (Å²) in [7, 11) is 0. The average Bonchev–Trinajstić information content (AvgIpc) is 2.63. The van der Waals surface area contributed by atoms with Crippen LogP contribution in [0.15, 0.2) is 66.7 Å². The van der Waals surface area contributed by atoms with Gasteiger partial charge >= 0.3 is 0 Å². The van der Waals surface area contributed by atoms with Crippen LogP contribution in [0.25, 0.3) is 11.1 Å². The van der Waals surface area contributed by atoms with Gasteiger partial charge in [0.25, 0.3) is 0 Å². The van der Waals surface area contributed by atoms with Crippen LogP contribution in [0.4, 0.5) is 0 Å². The van der Waals surface area contributed by atoms with E-state index in [1.165, 1.54) is 16.7 Å². The molecule has 1 unspecified atom stereocenters. The molecule has 0 radical (unpaired) electrons. The second kappa shape index (κ2) is 6.02. The minimum absolute atomic E-state index is 0.0474. The second-order valence-electron chi connectivity index (χ2n) is 6.24. The van der Waals surface area contributed by atoms with E-state index in [4.69, 9.17) is 0 Å². The Hall–Kier alpha value is -2.78. The Morgan fingerprint density at radius 3 is 2.08 bits per heavy atom. The van der Waals surface area contributed by atoms with Gasteiger partial charge in [0.1, 0.15) is 0 Å². The molecule has 4 rings (SSSR count). The summed E-state index contributed by atoms with van der Waals surface area (Å²) >= 11 is 0.